The molecule has 0 spiro atoms. The lowest BCUT2D eigenvalue weighted by molar-refractivity contribution is 0.132. The molecule has 1 heterocycles. The van der Waals surface area contributed by atoms with Crippen LogP contribution in [0.2, 0.25) is 0 Å². The number of hydrogen-bond donors (Lipinski definition) is 2. The van der Waals surface area contributed by atoms with Crippen molar-refractivity contribution in [1.29, 1.82) is 0 Å². The molecule has 0 atom stereocenters. The number of carbonyl (C=O) groups is 1. The molecule has 1 aromatic rings. The van der Waals surface area contributed by atoms with Gasteiger partial charge < -0.3 is 15.7 Å². The number of anilines is 1. The fourth-order valence-corrected chi connectivity index (χ4v) is 2.36. The van der Waals surface area contributed by atoms with Gasteiger partial charge in [-0.15, -0.1) is 0 Å². The molecule has 1 aromatic carbocycles. The molecule has 3 N–H and O–H groups in total. The number of nitrogens with zero attached hydrogens (tertiary/aromatic N) is 1. The zero-order valence-corrected chi connectivity index (χ0v) is 10.0. The van der Waals surface area contributed by atoms with Crippen molar-refractivity contribution in [1.82, 2.24) is 4.90 Å². The Hall–Kier alpha value is -1.71. The molecule has 0 saturated carbocycles. The van der Waals surface area contributed by atoms with Gasteiger partial charge in [0.05, 0.1) is 0 Å². The smallest absolute Gasteiger partial charge is 0.407 e. The lowest BCUT2D eigenvalue weighted by atomic mass is 9.88. The van der Waals surface area contributed by atoms with Gasteiger partial charge in [-0.1, -0.05) is 12.1 Å². The number of carboxylic acid groups (broad SMARTS) is 1. The third-order valence-electron chi connectivity index (χ3n) is 3.53. The number of rotatable bonds is 1. The van der Waals surface area contributed by atoms with E-state index in [0.717, 1.165) is 24.1 Å². The topological polar surface area (TPSA) is 66.6 Å². The van der Waals surface area contributed by atoms with Gasteiger partial charge in [0.25, 0.3) is 0 Å². The van der Waals surface area contributed by atoms with Crippen molar-refractivity contribution in [3.05, 3.63) is 29.3 Å². The summed E-state index contributed by atoms with van der Waals surface area (Å²) in [4.78, 5) is 12.3. The molecular weight excluding hydrogens is 216 g/mol. The lowest BCUT2D eigenvalue weighted by Gasteiger charge is -2.30. The molecule has 1 fully saturated rings. The first-order chi connectivity index (χ1) is 8.08. The van der Waals surface area contributed by atoms with Crippen molar-refractivity contribution in [3.63, 3.8) is 0 Å². The van der Waals surface area contributed by atoms with Crippen molar-refractivity contribution in [2.45, 2.75) is 25.7 Å². The van der Waals surface area contributed by atoms with Gasteiger partial charge in [-0.3, -0.25) is 0 Å². The number of amides is 1. The highest BCUT2D eigenvalue weighted by atomic mass is 16.4. The molecule has 0 radical (unpaired) electrons. The Kier molecular flexibility index (Phi) is 3.22. The molecule has 1 aliphatic heterocycles. The van der Waals surface area contributed by atoms with Crippen LogP contribution >= 0.6 is 0 Å². The van der Waals surface area contributed by atoms with Gasteiger partial charge >= 0.3 is 6.09 Å². The second kappa shape index (κ2) is 4.65. The van der Waals surface area contributed by atoms with Crippen LogP contribution in [0.3, 0.4) is 0 Å². The maximum absolute atomic E-state index is 10.8. The first-order valence-electron chi connectivity index (χ1n) is 5.92. The van der Waals surface area contributed by atoms with Crippen LogP contribution in [-0.2, 0) is 0 Å². The minimum absolute atomic E-state index is 0.463. The summed E-state index contributed by atoms with van der Waals surface area (Å²) in [5, 5.41) is 8.88. The number of nitrogen functional groups attached to an aromatic ring is 1. The molecule has 0 unspecified atom stereocenters. The monoisotopic (exact) mass is 234 g/mol. The second-order valence-corrected chi connectivity index (χ2v) is 4.66. The summed E-state index contributed by atoms with van der Waals surface area (Å²) in [5.41, 5.74) is 8.99. The minimum Gasteiger partial charge on any atom is -0.465 e. The summed E-state index contributed by atoms with van der Waals surface area (Å²) in [6.07, 6.45) is 0.989. The van der Waals surface area contributed by atoms with Gasteiger partial charge in [0.1, 0.15) is 0 Å². The minimum atomic E-state index is -0.808. The van der Waals surface area contributed by atoms with E-state index >= 15 is 0 Å². The SMILES string of the molecule is Cc1cc(C2CCN(C(=O)O)CC2)ccc1N. The predicted octanol–water partition coefficient (Wildman–Crippen LogP) is 2.43. The van der Waals surface area contributed by atoms with Crippen LogP contribution in [0.15, 0.2) is 18.2 Å². The number of nitrogens with two attached hydrogens (primary N) is 1. The van der Waals surface area contributed by atoms with Crippen LogP contribution in [-0.4, -0.2) is 29.2 Å². The van der Waals surface area contributed by atoms with E-state index in [9.17, 15) is 4.79 Å². The first-order valence-corrected chi connectivity index (χ1v) is 5.92. The molecule has 1 saturated heterocycles. The Morgan fingerprint density at radius 3 is 2.59 bits per heavy atom. The Morgan fingerprint density at radius 2 is 2.06 bits per heavy atom. The van der Waals surface area contributed by atoms with Crippen LogP contribution in [0.1, 0.15) is 29.9 Å². The molecule has 1 aliphatic rings. The molecule has 0 aliphatic carbocycles. The Labute approximate surface area is 101 Å². The van der Waals surface area contributed by atoms with Gasteiger partial charge in [0.15, 0.2) is 0 Å². The van der Waals surface area contributed by atoms with E-state index in [2.05, 4.69) is 12.1 Å². The highest BCUT2D eigenvalue weighted by Crippen LogP contribution is 2.29. The molecule has 4 nitrogen and oxygen atoms in total. The van der Waals surface area contributed by atoms with E-state index in [1.165, 1.54) is 10.5 Å². The van der Waals surface area contributed by atoms with Crippen LogP contribution in [0.5, 0.6) is 0 Å². The molecule has 0 aromatic heterocycles. The van der Waals surface area contributed by atoms with Crippen molar-refractivity contribution in [3.8, 4) is 0 Å². The third kappa shape index (κ3) is 2.52. The van der Waals surface area contributed by atoms with E-state index in [4.69, 9.17) is 10.8 Å². The maximum atomic E-state index is 10.8. The average Bonchev–Trinajstić information content (AvgIpc) is 2.33. The van der Waals surface area contributed by atoms with Gasteiger partial charge in [-0.2, -0.15) is 0 Å². The lowest BCUT2D eigenvalue weighted by Crippen LogP contribution is -2.36. The number of piperidine rings is 1. The molecular formula is C13H18N2O2. The van der Waals surface area contributed by atoms with Gasteiger partial charge in [-0.25, -0.2) is 4.79 Å². The van der Waals surface area contributed by atoms with Crippen LogP contribution in [0.25, 0.3) is 0 Å². The highest BCUT2D eigenvalue weighted by Gasteiger charge is 2.23. The van der Waals surface area contributed by atoms with Gasteiger partial charge in [0.2, 0.25) is 0 Å². The zero-order valence-electron chi connectivity index (χ0n) is 10.0. The maximum Gasteiger partial charge on any atom is 0.407 e. The van der Waals surface area contributed by atoms with Crippen LogP contribution < -0.4 is 5.73 Å². The van der Waals surface area contributed by atoms with E-state index in [-0.39, 0.29) is 0 Å². The first kappa shape index (κ1) is 11.8. The molecule has 2 rings (SSSR count). The summed E-state index contributed by atoms with van der Waals surface area (Å²) in [6.45, 7) is 3.26. The number of hydrogen-bond acceptors (Lipinski definition) is 2. The van der Waals surface area contributed by atoms with E-state index in [1.54, 1.807) is 0 Å². The normalized spacial score (nSPS) is 17.1. The zero-order chi connectivity index (χ0) is 12.4. The molecule has 4 heteroatoms. The summed E-state index contributed by atoms with van der Waals surface area (Å²) in [7, 11) is 0. The van der Waals surface area contributed by atoms with Crippen molar-refractivity contribution >= 4 is 11.8 Å². The predicted molar refractivity (Wildman–Crippen MR) is 67.2 cm³/mol. The second-order valence-electron chi connectivity index (χ2n) is 4.66. The Bertz CT molecular complexity index is 423. The van der Waals surface area contributed by atoms with E-state index < -0.39 is 6.09 Å². The fraction of sp³-hybridized carbons (Fsp3) is 0.462. The number of aryl methyl sites for hydroxylation is 1. The highest BCUT2D eigenvalue weighted by molar-refractivity contribution is 5.65. The quantitative estimate of drug-likeness (QED) is 0.733. The van der Waals surface area contributed by atoms with E-state index in [0.29, 0.717) is 19.0 Å². The number of benzene rings is 1. The van der Waals surface area contributed by atoms with Crippen molar-refractivity contribution in [2.24, 2.45) is 0 Å². The number of likely N-dealkylation sites (tertiary alicyclic amines) is 1. The summed E-state index contributed by atoms with van der Waals surface area (Å²) in [6, 6.07) is 6.12. The standard InChI is InChI=1S/C13H18N2O2/c1-9-8-11(2-3-12(9)14)10-4-6-15(7-5-10)13(16)17/h2-3,8,10H,4-7,14H2,1H3,(H,16,17). The van der Waals surface area contributed by atoms with Crippen molar-refractivity contribution in [2.75, 3.05) is 18.8 Å². The van der Waals surface area contributed by atoms with Gasteiger partial charge in [0, 0.05) is 18.8 Å². The Morgan fingerprint density at radius 1 is 1.41 bits per heavy atom. The summed E-state index contributed by atoms with van der Waals surface area (Å²) in [5.74, 6) is 0.463. The fourth-order valence-electron chi connectivity index (χ4n) is 2.36. The third-order valence-corrected chi connectivity index (χ3v) is 3.53. The molecule has 17 heavy (non-hydrogen) atoms. The summed E-state index contributed by atoms with van der Waals surface area (Å²) < 4.78 is 0. The van der Waals surface area contributed by atoms with Gasteiger partial charge in [-0.05, 0) is 42.9 Å². The summed E-state index contributed by atoms with van der Waals surface area (Å²) >= 11 is 0. The Balaban J connectivity index is 2.05. The molecule has 1 amide bonds. The van der Waals surface area contributed by atoms with Crippen molar-refractivity contribution < 1.29 is 9.90 Å². The average molecular weight is 234 g/mol. The van der Waals surface area contributed by atoms with Crippen LogP contribution in [0.4, 0.5) is 10.5 Å². The van der Waals surface area contributed by atoms with E-state index in [1.807, 2.05) is 13.0 Å². The molecule has 92 valence electrons. The van der Waals surface area contributed by atoms with Crippen LogP contribution in [0, 0.1) is 6.92 Å². The molecule has 0 bridgehead atoms. The largest absolute Gasteiger partial charge is 0.465 e.